The van der Waals surface area contributed by atoms with Crippen LogP contribution in [0.15, 0.2) is 58.2 Å². The van der Waals surface area contributed by atoms with Gasteiger partial charge in [-0.3, -0.25) is 0 Å². The summed E-state index contributed by atoms with van der Waals surface area (Å²) in [5, 5.41) is 12.6. The molecule has 1 aliphatic heterocycles. The van der Waals surface area contributed by atoms with Crippen molar-refractivity contribution in [2.24, 2.45) is 0 Å². The van der Waals surface area contributed by atoms with Gasteiger partial charge in [-0.2, -0.15) is 0 Å². The Morgan fingerprint density at radius 2 is 1.70 bits per heavy atom. The van der Waals surface area contributed by atoms with E-state index in [2.05, 4.69) is 15.9 Å². The topological polar surface area (TPSA) is 73.5 Å². The molecule has 0 N–H and O–H groups in total. The predicted octanol–water partition coefficient (Wildman–Crippen LogP) is 3.41. The molecule has 0 radical (unpaired) electrons. The highest BCUT2D eigenvalue weighted by atomic mass is 79.9. The Kier molecular flexibility index (Phi) is 4.70. The SMILES string of the molecule is O=C1C2=C(CCCC2)C(=O)N1c1c(OCc2ccccc2)cc(Br)c[n+]1[O-]. The zero-order valence-electron chi connectivity index (χ0n) is 14.5. The molecular weight excluding hydrogens is 412 g/mol. The first-order valence-electron chi connectivity index (χ1n) is 8.76. The summed E-state index contributed by atoms with van der Waals surface area (Å²) in [6.45, 7) is 0.216. The van der Waals surface area contributed by atoms with E-state index in [9.17, 15) is 14.8 Å². The van der Waals surface area contributed by atoms with Crippen molar-refractivity contribution in [3.8, 4) is 5.75 Å². The normalized spacial score (nSPS) is 16.7. The van der Waals surface area contributed by atoms with E-state index in [4.69, 9.17) is 4.74 Å². The van der Waals surface area contributed by atoms with Crippen LogP contribution in [0, 0.1) is 5.21 Å². The number of nitrogens with zero attached hydrogens (tertiary/aromatic N) is 2. The molecule has 0 fully saturated rings. The number of benzene rings is 1. The molecule has 1 aromatic carbocycles. The summed E-state index contributed by atoms with van der Waals surface area (Å²) in [6, 6.07) is 11.1. The third-order valence-electron chi connectivity index (χ3n) is 4.78. The van der Waals surface area contributed by atoms with Crippen molar-refractivity contribution in [3.63, 3.8) is 0 Å². The first-order valence-corrected chi connectivity index (χ1v) is 9.56. The third kappa shape index (κ3) is 3.23. The Labute approximate surface area is 164 Å². The van der Waals surface area contributed by atoms with E-state index < -0.39 is 11.8 Å². The number of amides is 2. The molecule has 0 unspecified atom stereocenters. The summed E-state index contributed by atoms with van der Waals surface area (Å²) in [5.41, 5.74) is 1.98. The van der Waals surface area contributed by atoms with Crippen molar-refractivity contribution in [1.82, 2.24) is 0 Å². The maximum absolute atomic E-state index is 12.8. The van der Waals surface area contributed by atoms with Gasteiger partial charge in [-0.25, -0.2) is 14.3 Å². The second kappa shape index (κ2) is 7.15. The smallest absolute Gasteiger partial charge is 0.345 e. The number of carbonyl (C=O) groups excluding carboxylic acids is 2. The van der Waals surface area contributed by atoms with Gasteiger partial charge in [-0.05, 0) is 47.2 Å². The molecule has 0 saturated carbocycles. The number of carbonyl (C=O) groups is 2. The van der Waals surface area contributed by atoms with Crippen LogP contribution in [0.2, 0.25) is 0 Å². The average molecular weight is 429 g/mol. The van der Waals surface area contributed by atoms with E-state index >= 15 is 0 Å². The molecule has 2 amide bonds. The summed E-state index contributed by atoms with van der Waals surface area (Å²) >= 11 is 3.27. The van der Waals surface area contributed by atoms with Crippen molar-refractivity contribution in [2.45, 2.75) is 32.3 Å². The first kappa shape index (κ1) is 17.7. The van der Waals surface area contributed by atoms with E-state index in [1.807, 2.05) is 30.3 Å². The van der Waals surface area contributed by atoms with Crippen LogP contribution >= 0.6 is 15.9 Å². The Morgan fingerprint density at radius 1 is 1.07 bits per heavy atom. The molecule has 2 heterocycles. The monoisotopic (exact) mass is 428 g/mol. The Bertz CT molecular complexity index is 928. The molecule has 0 saturated heterocycles. The van der Waals surface area contributed by atoms with Gasteiger partial charge in [-0.1, -0.05) is 30.3 Å². The molecule has 2 aliphatic rings. The number of aromatic nitrogens is 1. The average Bonchev–Trinajstić information content (AvgIpc) is 2.92. The van der Waals surface area contributed by atoms with Crippen LogP contribution in [-0.2, 0) is 16.2 Å². The van der Waals surface area contributed by atoms with Crippen molar-refractivity contribution in [3.05, 3.63) is 69.0 Å². The maximum atomic E-state index is 12.8. The molecule has 7 heteroatoms. The lowest BCUT2D eigenvalue weighted by molar-refractivity contribution is -0.592. The van der Waals surface area contributed by atoms with Crippen LogP contribution < -0.4 is 14.4 Å². The molecule has 4 rings (SSSR count). The highest BCUT2D eigenvalue weighted by molar-refractivity contribution is 9.10. The minimum atomic E-state index is -0.411. The van der Waals surface area contributed by atoms with Gasteiger partial charge in [0.15, 0.2) is 0 Å². The van der Waals surface area contributed by atoms with E-state index in [1.54, 1.807) is 6.07 Å². The maximum Gasteiger partial charge on any atom is 0.345 e. The van der Waals surface area contributed by atoms with Crippen molar-refractivity contribution < 1.29 is 19.1 Å². The lowest BCUT2D eigenvalue weighted by Crippen LogP contribution is -2.42. The Morgan fingerprint density at radius 3 is 2.33 bits per heavy atom. The summed E-state index contributed by atoms with van der Waals surface area (Å²) < 4.78 is 6.85. The van der Waals surface area contributed by atoms with E-state index in [-0.39, 0.29) is 18.2 Å². The second-order valence-corrected chi connectivity index (χ2v) is 7.47. The van der Waals surface area contributed by atoms with Crippen LogP contribution in [0.4, 0.5) is 5.82 Å². The zero-order chi connectivity index (χ0) is 19.0. The van der Waals surface area contributed by atoms with Gasteiger partial charge in [0.05, 0.1) is 15.6 Å². The minimum Gasteiger partial charge on any atom is -0.710 e. The molecular formula is C20H17BrN2O4. The van der Waals surface area contributed by atoms with Gasteiger partial charge in [0, 0.05) is 6.07 Å². The largest absolute Gasteiger partial charge is 0.710 e. The molecule has 27 heavy (non-hydrogen) atoms. The molecule has 0 spiro atoms. The number of anilines is 1. The van der Waals surface area contributed by atoms with Gasteiger partial charge in [0.25, 0.3) is 0 Å². The van der Waals surface area contributed by atoms with Crippen LogP contribution in [0.5, 0.6) is 5.75 Å². The minimum absolute atomic E-state index is 0.0847. The lowest BCUT2D eigenvalue weighted by Gasteiger charge is -2.18. The molecule has 0 bridgehead atoms. The van der Waals surface area contributed by atoms with E-state index in [1.165, 1.54) is 6.20 Å². The van der Waals surface area contributed by atoms with Crippen LogP contribution in [0.3, 0.4) is 0 Å². The number of rotatable bonds is 4. The standard InChI is InChI=1S/C20H17BrN2O4/c21-14-10-17(27-12-13-6-2-1-3-7-13)18(22(26)11-14)23-19(24)15-8-4-5-9-16(15)20(23)25/h1-3,6-7,10-11H,4-5,8-9,12H2. The molecule has 0 atom stereocenters. The van der Waals surface area contributed by atoms with Crippen LogP contribution in [0.1, 0.15) is 31.2 Å². The molecule has 1 aliphatic carbocycles. The second-order valence-electron chi connectivity index (χ2n) is 6.56. The fourth-order valence-electron chi connectivity index (χ4n) is 3.49. The van der Waals surface area contributed by atoms with Gasteiger partial charge in [-0.15, -0.1) is 4.90 Å². The number of pyridine rings is 1. The van der Waals surface area contributed by atoms with Gasteiger partial charge in [0.1, 0.15) is 12.8 Å². The highest BCUT2D eigenvalue weighted by Gasteiger charge is 2.48. The zero-order valence-corrected chi connectivity index (χ0v) is 16.1. The van der Waals surface area contributed by atoms with E-state index in [0.717, 1.165) is 23.3 Å². The quantitative estimate of drug-likeness (QED) is 0.424. The fourth-order valence-corrected chi connectivity index (χ4v) is 3.88. The van der Waals surface area contributed by atoms with Crippen molar-refractivity contribution in [1.29, 1.82) is 0 Å². The summed E-state index contributed by atoms with van der Waals surface area (Å²) in [7, 11) is 0. The lowest BCUT2D eigenvalue weighted by atomic mass is 9.93. The predicted molar refractivity (Wildman–Crippen MR) is 102 cm³/mol. The number of halogens is 1. The third-order valence-corrected chi connectivity index (χ3v) is 5.21. The first-order chi connectivity index (χ1) is 13.1. The fraction of sp³-hybridized carbons (Fsp3) is 0.250. The summed E-state index contributed by atoms with van der Waals surface area (Å²) in [6.07, 6.45) is 4.17. The van der Waals surface area contributed by atoms with Crippen LogP contribution in [0.25, 0.3) is 0 Å². The van der Waals surface area contributed by atoms with Crippen molar-refractivity contribution in [2.75, 3.05) is 4.90 Å². The summed E-state index contributed by atoms with van der Waals surface area (Å²) in [5.74, 6) is -0.722. The molecule has 6 nitrogen and oxygen atoms in total. The number of hydrogen-bond acceptors (Lipinski definition) is 4. The van der Waals surface area contributed by atoms with Gasteiger partial charge >= 0.3 is 17.6 Å². The molecule has 138 valence electrons. The number of ether oxygens (including phenoxy) is 1. The molecule has 2 aromatic rings. The van der Waals surface area contributed by atoms with Crippen molar-refractivity contribution >= 4 is 33.6 Å². The highest BCUT2D eigenvalue weighted by Crippen LogP contribution is 2.38. The Balaban J connectivity index is 1.70. The Hall–Kier alpha value is -2.67. The molecule has 1 aromatic heterocycles. The van der Waals surface area contributed by atoms with Gasteiger partial charge in [0.2, 0.25) is 5.75 Å². The number of imide groups is 1. The van der Waals surface area contributed by atoms with Gasteiger partial charge < -0.3 is 9.94 Å². The van der Waals surface area contributed by atoms with Crippen LogP contribution in [-0.4, -0.2) is 11.8 Å². The summed E-state index contributed by atoms with van der Waals surface area (Å²) in [4.78, 5) is 26.7. The number of hydrogen-bond donors (Lipinski definition) is 0. The van der Waals surface area contributed by atoms with E-state index in [0.29, 0.717) is 33.2 Å².